The van der Waals surface area contributed by atoms with E-state index < -0.39 is 0 Å². The number of rotatable bonds is 6. The van der Waals surface area contributed by atoms with Crippen LogP contribution in [0.25, 0.3) is 16.9 Å². The first-order valence-electron chi connectivity index (χ1n) is 8.72. The number of methoxy groups -OCH3 is 1. The fraction of sp³-hybridized carbons (Fsp3) is 0.238. The van der Waals surface area contributed by atoms with Gasteiger partial charge in [0.25, 0.3) is 5.56 Å². The largest absolute Gasteiger partial charge is 0.497 e. The van der Waals surface area contributed by atoms with Crippen LogP contribution in [0.15, 0.2) is 64.4 Å². The lowest BCUT2D eigenvalue weighted by Crippen LogP contribution is -2.19. The molecule has 2 aromatic carbocycles. The summed E-state index contributed by atoms with van der Waals surface area (Å²) in [5.41, 5.74) is 3.72. The van der Waals surface area contributed by atoms with E-state index in [-0.39, 0.29) is 5.56 Å². The maximum absolute atomic E-state index is 13.1. The van der Waals surface area contributed by atoms with Crippen LogP contribution in [-0.4, -0.2) is 29.1 Å². The zero-order chi connectivity index (χ0) is 18.5. The van der Waals surface area contributed by atoms with Gasteiger partial charge in [-0.2, -0.15) is 0 Å². The van der Waals surface area contributed by atoms with E-state index in [0.717, 1.165) is 34.8 Å². The van der Waals surface area contributed by atoms with E-state index >= 15 is 0 Å². The summed E-state index contributed by atoms with van der Waals surface area (Å²) in [5, 5.41) is 3.26. The predicted molar refractivity (Wildman–Crippen MR) is 106 cm³/mol. The zero-order valence-corrected chi connectivity index (χ0v) is 15.3. The van der Waals surface area contributed by atoms with Gasteiger partial charge in [-0.1, -0.05) is 25.1 Å². The van der Waals surface area contributed by atoms with Crippen molar-refractivity contribution in [1.82, 2.24) is 9.78 Å². The Labute approximate surface area is 153 Å². The molecule has 0 amide bonds. The van der Waals surface area contributed by atoms with Gasteiger partial charge in [-0.3, -0.25) is 14.9 Å². The molecule has 0 aliphatic carbocycles. The predicted octanol–water partition coefficient (Wildman–Crippen LogP) is 4.06. The zero-order valence-electron chi connectivity index (χ0n) is 15.3. The highest BCUT2D eigenvalue weighted by Crippen LogP contribution is 2.24. The Hall–Kier alpha value is -3.08. The van der Waals surface area contributed by atoms with E-state index in [4.69, 9.17) is 4.74 Å². The van der Waals surface area contributed by atoms with Gasteiger partial charge >= 0.3 is 0 Å². The molecule has 26 heavy (non-hydrogen) atoms. The van der Waals surface area contributed by atoms with Crippen molar-refractivity contribution in [2.24, 2.45) is 4.99 Å². The number of ether oxygens (including phenoxy) is 1. The number of aromatic nitrogens is 2. The molecule has 5 nitrogen and oxygen atoms in total. The summed E-state index contributed by atoms with van der Waals surface area (Å²) < 4.78 is 6.80. The van der Waals surface area contributed by atoms with Crippen LogP contribution in [0.5, 0.6) is 5.75 Å². The molecular weight excluding hydrogens is 326 g/mol. The number of H-pyrrole nitrogens is 1. The lowest BCUT2D eigenvalue weighted by Gasteiger charge is -2.05. The number of hydrogen-bond donors (Lipinski definition) is 1. The number of aromatic amines is 1. The van der Waals surface area contributed by atoms with E-state index in [1.807, 2.05) is 61.5 Å². The molecule has 0 saturated heterocycles. The molecule has 0 spiro atoms. The molecule has 0 unspecified atom stereocenters. The van der Waals surface area contributed by atoms with Crippen molar-refractivity contribution in [2.75, 3.05) is 13.7 Å². The number of benzene rings is 2. The Bertz CT molecular complexity index is 951. The second-order valence-corrected chi connectivity index (χ2v) is 6.03. The molecule has 1 aromatic heterocycles. The van der Waals surface area contributed by atoms with E-state index in [1.165, 1.54) is 0 Å². The third kappa shape index (κ3) is 3.47. The fourth-order valence-electron chi connectivity index (χ4n) is 2.86. The summed E-state index contributed by atoms with van der Waals surface area (Å²) in [4.78, 5) is 17.7. The molecule has 5 heteroatoms. The Morgan fingerprint density at radius 2 is 1.81 bits per heavy atom. The topological polar surface area (TPSA) is 59.4 Å². The first kappa shape index (κ1) is 17.7. The van der Waals surface area contributed by atoms with Crippen LogP contribution in [-0.2, 0) is 0 Å². The van der Waals surface area contributed by atoms with Crippen LogP contribution in [0.2, 0.25) is 0 Å². The monoisotopic (exact) mass is 349 g/mol. The third-order valence-electron chi connectivity index (χ3n) is 4.22. The second-order valence-electron chi connectivity index (χ2n) is 6.03. The van der Waals surface area contributed by atoms with Gasteiger partial charge in [-0.25, -0.2) is 4.68 Å². The standard InChI is InChI=1S/C21H23N3O2/c1-4-14-22-15(2)19-20(16-10-12-18(26-3)13-11-16)23-24(21(19)25)17-8-6-5-7-9-17/h5-13,23H,4,14H2,1-3H3. The van der Waals surface area contributed by atoms with Crippen LogP contribution < -0.4 is 10.3 Å². The average Bonchev–Trinajstić information content (AvgIpc) is 3.04. The summed E-state index contributed by atoms with van der Waals surface area (Å²) >= 11 is 0. The summed E-state index contributed by atoms with van der Waals surface area (Å²) in [6.45, 7) is 4.66. The van der Waals surface area contributed by atoms with Gasteiger partial charge in [-0.05, 0) is 49.7 Å². The first-order chi connectivity index (χ1) is 12.7. The molecule has 0 bridgehead atoms. The van der Waals surface area contributed by atoms with Crippen LogP contribution >= 0.6 is 0 Å². The number of aliphatic imine (C=N–C) groups is 1. The number of nitrogens with one attached hydrogen (secondary N) is 1. The van der Waals surface area contributed by atoms with Gasteiger partial charge in [0.15, 0.2) is 0 Å². The Kier molecular flexibility index (Phi) is 5.37. The van der Waals surface area contributed by atoms with Crippen molar-refractivity contribution >= 4 is 5.71 Å². The molecule has 1 heterocycles. The van der Waals surface area contributed by atoms with Crippen molar-refractivity contribution in [3.05, 3.63) is 70.5 Å². The summed E-state index contributed by atoms with van der Waals surface area (Å²) in [6, 6.07) is 17.2. The van der Waals surface area contributed by atoms with Gasteiger partial charge in [0.1, 0.15) is 5.75 Å². The molecule has 0 atom stereocenters. The van der Waals surface area contributed by atoms with Crippen LogP contribution in [0.4, 0.5) is 0 Å². The lowest BCUT2D eigenvalue weighted by molar-refractivity contribution is 0.415. The number of para-hydroxylation sites is 1. The molecule has 0 radical (unpaired) electrons. The normalized spacial score (nSPS) is 11.6. The van der Waals surface area contributed by atoms with Crippen LogP contribution in [0, 0.1) is 0 Å². The first-order valence-corrected chi connectivity index (χ1v) is 8.72. The Balaban J connectivity index is 2.19. The highest BCUT2D eigenvalue weighted by molar-refractivity contribution is 6.03. The maximum atomic E-state index is 13.1. The minimum Gasteiger partial charge on any atom is -0.497 e. The average molecular weight is 349 g/mol. The molecule has 3 rings (SSSR count). The van der Waals surface area contributed by atoms with Gasteiger partial charge in [0.05, 0.1) is 24.1 Å². The quantitative estimate of drug-likeness (QED) is 0.682. The van der Waals surface area contributed by atoms with Crippen molar-refractivity contribution < 1.29 is 4.74 Å². The molecule has 0 saturated carbocycles. The minimum absolute atomic E-state index is 0.0978. The molecule has 1 N–H and O–H groups in total. The summed E-state index contributed by atoms with van der Waals surface area (Å²) in [5.74, 6) is 0.775. The van der Waals surface area contributed by atoms with E-state index in [1.54, 1.807) is 11.8 Å². The smallest absolute Gasteiger partial charge is 0.280 e. The molecule has 134 valence electrons. The Morgan fingerprint density at radius 3 is 2.42 bits per heavy atom. The number of nitrogens with zero attached hydrogens (tertiary/aromatic N) is 2. The van der Waals surface area contributed by atoms with E-state index in [0.29, 0.717) is 12.1 Å². The van der Waals surface area contributed by atoms with Gasteiger partial charge < -0.3 is 4.74 Å². The van der Waals surface area contributed by atoms with Crippen LogP contribution in [0.1, 0.15) is 25.8 Å². The fourth-order valence-corrected chi connectivity index (χ4v) is 2.86. The lowest BCUT2D eigenvalue weighted by atomic mass is 10.0. The summed E-state index contributed by atoms with van der Waals surface area (Å²) in [6.07, 6.45) is 0.937. The SMILES string of the molecule is CCCN=C(C)c1c(-c2ccc(OC)cc2)[nH]n(-c2ccccc2)c1=O. The second kappa shape index (κ2) is 7.87. The van der Waals surface area contributed by atoms with E-state index in [9.17, 15) is 4.79 Å². The van der Waals surface area contributed by atoms with Gasteiger partial charge in [0, 0.05) is 17.8 Å². The highest BCUT2D eigenvalue weighted by Gasteiger charge is 2.19. The highest BCUT2D eigenvalue weighted by atomic mass is 16.5. The van der Waals surface area contributed by atoms with Crippen molar-refractivity contribution in [2.45, 2.75) is 20.3 Å². The van der Waals surface area contributed by atoms with Crippen molar-refractivity contribution in [3.8, 4) is 22.7 Å². The third-order valence-corrected chi connectivity index (χ3v) is 4.22. The Morgan fingerprint density at radius 1 is 1.12 bits per heavy atom. The molecule has 0 fully saturated rings. The minimum atomic E-state index is -0.0978. The molecule has 0 aliphatic rings. The molecule has 0 aliphatic heterocycles. The van der Waals surface area contributed by atoms with Gasteiger partial charge in [0.2, 0.25) is 0 Å². The summed E-state index contributed by atoms with van der Waals surface area (Å²) in [7, 11) is 1.63. The number of hydrogen-bond acceptors (Lipinski definition) is 3. The van der Waals surface area contributed by atoms with E-state index in [2.05, 4.69) is 17.0 Å². The van der Waals surface area contributed by atoms with Crippen molar-refractivity contribution in [3.63, 3.8) is 0 Å². The molecular formula is C21H23N3O2. The van der Waals surface area contributed by atoms with Crippen molar-refractivity contribution in [1.29, 1.82) is 0 Å². The maximum Gasteiger partial charge on any atom is 0.280 e. The van der Waals surface area contributed by atoms with Gasteiger partial charge in [-0.15, -0.1) is 0 Å². The van der Waals surface area contributed by atoms with Crippen LogP contribution in [0.3, 0.4) is 0 Å². The molecule has 3 aromatic rings.